The van der Waals surface area contributed by atoms with Gasteiger partial charge in [-0.2, -0.15) is 5.26 Å². The Morgan fingerprint density at radius 3 is 2.67 bits per heavy atom. The first-order valence-electron chi connectivity index (χ1n) is 6.23. The van der Waals surface area contributed by atoms with Crippen molar-refractivity contribution in [1.82, 2.24) is 0 Å². The van der Waals surface area contributed by atoms with Crippen molar-refractivity contribution in [2.75, 3.05) is 7.11 Å². The molecule has 2 nitrogen and oxygen atoms in total. The molecule has 92 valence electrons. The number of nitriles is 1. The largest absolute Gasteiger partial charge is 0.501 e. The molecular formula is C16H17NO. The van der Waals surface area contributed by atoms with E-state index >= 15 is 0 Å². The Morgan fingerprint density at radius 2 is 2.11 bits per heavy atom. The second-order valence-electron chi connectivity index (χ2n) is 4.50. The standard InChI is InChI=1S/C16H17NO/c1-18-16-10-8-14(9-11-16)3-2-13-4-6-15(12-17)7-5-13/h2-7,10,14H,8-9,11H2,1H3/b3-2+/t14-/m1/s1. The maximum absolute atomic E-state index is 8.72. The molecule has 0 unspecified atom stereocenters. The minimum absolute atomic E-state index is 0.597. The van der Waals surface area contributed by atoms with E-state index in [4.69, 9.17) is 10.00 Å². The third-order valence-corrected chi connectivity index (χ3v) is 3.27. The van der Waals surface area contributed by atoms with E-state index in [1.54, 1.807) is 7.11 Å². The van der Waals surface area contributed by atoms with Crippen LogP contribution in [0, 0.1) is 17.2 Å². The van der Waals surface area contributed by atoms with Crippen LogP contribution in [0.4, 0.5) is 0 Å². The highest BCUT2D eigenvalue weighted by Gasteiger charge is 2.11. The van der Waals surface area contributed by atoms with Gasteiger partial charge in [-0.1, -0.05) is 24.3 Å². The number of benzene rings is 1. The summed E-state index contributed by atoms with van der Waals surface area (Å²) in [5.41, 5.74) is 1.85. The Morgan fingerprint density at radius 1 is 1.33 bits per heavy atom. The van der Waals surface area contributed by atoms with Gasteiger partial charge in [0.25, 0.3) is 0 Å². The molecule has 0 N–H and O–H groups in total. The lowest BCUT2D eigenvalue weighted by Gasteiger charge is -2.17. The lowest BCUT2D eigenvalue weighted by molar-refractivity contribution is 0.260. The Bertz CT molecular complexity index is 491. The number of methoxy groups -OCH3 is 1. The molecule has 0 aliphatic heterocycles. The molecule has 0 heterocycles. The number of allylic oxidation sites excluding steroid dienone is 3. The van der Waals surface area contributed by atoms with Crippen LogP contribution in [0.25, 0.3) is 6.08 Å². The molecule has 1 aromatic carbocycles. The fourth-order valence-corrected chi connectivity index (χ4v) is 2.11. The van der Waals surface area contributed by atoms with E-state index in [1.807, 2.05) is 24.3 Å². The second kappa shape index (κ2) is 6.07. The second-order valence-corrected chi connectivity index (χ2v) is 4.50. The molecule has 1 atom stereocenters. The van der Waals surface area contributed by atoms with Crippen molar-refractivity contribution in [1.29, 1.82) is 5.26 Å². The highest BCUT2D eigenvalue weighted by molar-refractivity contribution is 5.51. The van der Waals surface area contributed by atoms with E-state index in [2.05, 4.69) is 24.3 Å². The van der Waals surface area contributed by atoms with Crippen LogP contribution in [0.5, 0.6) is 0 Å². The van der Waals surface area contributed by atoms with Gasteiger partial charge in [-0.3, -0.25) is 0 Å². The van der Waals surface area contributed by atoms with Gasteiger partial charge < -0.3 is 4.74 Å². The van der Waals surface area contributed by atoms with Crippen molar-refractivity contribution in [2.24, 2.45) is 5.92 Å². The van der Waals surface area contributed by atoms with Gasteiger partial charge in [-0.15, -0.1) is 0 Å². The van der Waals surface area contributed by atoms with E-state index < -0.39 is 0 Å². The fraction of sp³-hybridized carbons (Fsp3) is 0.312. The summed E-state index contributed by atoms with van der Waals surface area (Å²) in [5, 5.41) is 8.72. The van der Waals surface area contributed by atoms with Crippen molar-refractivity contribution in [3.63, 3.8) is 0 Å². The van der Waals surface area contributed by atoms with Gasteiger partial charge in [0.1, 0.15) is 0 Å². The van der Waals surface area contributed by atoms with Crippen LogP contribution in [-0.4, -0.2) is 7.11 Å². The van der Waals surface area contributed by atoms with Crippen molar-refractivity contribution >= 4 is 6.08 Å². The molecule has 0 saturated carbocycles. The number of nitrogens with zero attached hydrogens (tertiary/aromatic N) is 1. The molecule has 0 aromatic heterocycles. The van der Waals surface area contributed by atoms with Gasteiger partial charge in [-0.25, -0.2) is 0 Å². The van der Waals surface area contributed by atoms with Gasteiger partial charge in [0.05, 0.1) is 24.5 Å². The van der Waals surface area contributed by atoms with Crippen LogP contribution in [0.15, 0.2) is 42.2 Å². The zero-order chi connectivity index (χ0) is 12.8. The zero-order valence-electron chi connectivity index (χ0n) is 10.6. The molecule has 1 aromatic rings. The summed E-state index contributed by atoms with van der Waals surface area (Å²) >= 11 is 0. The van der Waals surface area contributed by atoms with Gasteiger partial charge in [0.2, 0.25) is 0 Å². The summed E-state index contributed by atoms with van der Waals surface area (Å²) in [7, 11) is 1.73. The minimum atomic E-state index is 0.597. The number of hydrogen-bond acceptors (Lipinski definition) is 2. The maximum Gasteiger partial charge on any atom is 0.0991 e. The predicted octanol–water partition coefficient (Wildman–Crippen LogP) is 3.90. The molecule has 0 bridgehead atoms. The third kappa shape index (κ3) is 3.24. The minimum Gasteiger partial charge on any atom is -0.501 e. The first kappa shape index (κ1) is 12.4. The van der Waals surface area contributed by atoms with Crippen LogP contribution in [0.3, 0.4) is 0 Å². The van der Waals surface area contributed by atoms with Gasteiger partial charge in [-0.05, 0) is 42.5 Å². The zero-order valence-corrected chi connectivity index (χ0v) is 10.6. The molecule has 1 aliphatic carbocycles. The van der Waals surface area contributed by atoms with E-state index in [1.165, 1.54) is 0 Å². The molecule has 2 heteroatoms. The topological polar surface area (TPSA) is 33.0 Å². The summed E-state index contributed by atoms with van der Waals surface area (Å²) in [4.78, 5) is 0. The molecule has 0 spiro atoms. The summed E-state index contributed by atoms with van der Waals surface area (Å²) in [5.74, 6) is 1.71. The SMILES string of the molecule is COC1=CC[C@@H](/C=C/c2ccc(C#N)cc2)CC1. The first-order valence-corrected chi connectivity index (χ1v) is 6.23. The molecule has 0 saturated heterocycles. The normalized spacial score (nSPS) is 19.3. The average molecular weight is 239 g/mol. The Balaban J connectivity index is 1.95. The lowest BCUT2D eigenvalue weighted by atomic mass is 9.92. The molecule has 0 amide bonds. The molecular weight excluding hydrogens is 222 g/mol. The number of ether oxygens (including phenoxy) is 1. The molecule has 0 radical (unpaired) electrons. The third-order valence-electron chi connectivity index (χ3n) is 3.27. The van der Waals surface area contributed by atoms with Gasteiger partial charge in [0.15, 0.2) is 0 Å². The molecule has 2 rings (SSSR count). The van der Waals surface area contributed by atoms with E-state index in [0.29, 0.717) is 11.5 Å². The van der Waals surface area contributed by atoms with Crippen LogP contribution < -0.4 is 0 Å². The Labute approximate surface area is 108 Å². The van der Waals surface area contributed by atoms with Gasteiger partial charge >= 0.3 is 0 Å². The van der Waals surface area contributed by atoms with Crippen LogP contribution in [0.1, 0.15) is 30.4 Å². The van der Waals surface area contributed by atoms with Crippen molar-refractivity contribution in [2.45, 2.75) is 19.3 Å². The number of rotatable bonds is 3. The van der Waals surface area contributed by atoms with E-state index in [0.717, 1.165) is 30.6 Å². The van der Waals surface area contributed by atoms with Crippen LogP contribution in [-0.2, 0) is 4.74 Å². The van der Waals surface area contributed by atoms with Crippen molar-refractivity contribution in [3.8, 4) is 6.07 Å². The fourth-order valence-electron chi connectivity index (χ4n) is 2.11. The monoisotopic (exact) mass is 239 g/mol. The quantitative estimate of drug-likeness (QED) is 0.801. The maximum atomic E-state index is 8.72. The smallest absolute Gasteiger partial charge is 0.0991 e. The summed E-state index contributed by atoms with van der Waals surface area (Å²) in [6.07, 6.45) is 9.79. The molecule has 1 aliphatic rings. The van der Waals surface area contributed by atoms with Gasteiger partial charge in [0, 0.05) is 6.42 Å². The summed E-state index contributed by atoms with van der Waals surface area (Å²) in [6.45, 7) is 0. The molecule has 0 fully saturated rings. The summed E-state index contributed by atoms with van der Waals surface area (Å²) < 4.78 is 5.23. The van der Waals surface area contributed by atoms with Crippen molar-refractivity contribution < 1.29 is 4.74 Å². The first-order chi connectivity index (χ1) is 8.81. The van der Waals surface area contributed by atoms with Crippen molar-refractivity contribution in [3.05, 3.63) is 53.3 Å². The predicted molar refractivity (Wildman–Crippen MR) is 72.6 cm³/mol. The van der Waals surface area contributed by atoms with E-state index in [-0.39, 0.29) is 0 Å². The highest BCUT2D eigenvalue weighted by atomic mass is 16.5. The van der Waals surface area contributed by atoms with Crippen LogP contribution >= 0.6 is 0 Å². The van der Waals surface area contributed by atoms with E-state index in [9.17, 15) is 0 Å². The average Bonchev–Trinajstić information content (AvgIpc) is 2.46. The molecule has 18 heavy (non-hydrogen) atoms. The number of hydrogen-bond donors (Lipinski definition) is 0. The summed E-state index contributed by atoms with van der Waals surface area (Å²) in [6, 6.07) is 9.79. The Kier molecular flexibility index (Phi) is 4.20. The Hall–Kier alpha value is -2.01. The highest BCUT2D eigenvalue weighted by Crippen LogP contribution is 2.25. The lowest BCUT2D eigenvalue weighted by Crippen LogP contribution is -2.03. The van der Waals surface area contributed by atoms with Crippen LogP contribution in [0.2, 0.25) is 0 Å².